The van der Waals surface area contributed by atoms with Crippen LogP contribution in [0.1, 0.15) is 15.4 Å². The molecule has 0 atom stereocenters. The van der Waals surface area contributed by atoms with Gasteiger partial charge in [-0.3, -0.25) is 9.52 Å². The SMILES string of the molecule is COc1ccc(S(=O)(=O)Nc2nc(C)c(C(=O)Nc3ccc(Cl)cc3)s2)cc1. The number of ether oxygens (including phenoxy) is 1. The number of nitrogens with one attached hydrogen (secondary N) is 2. The molecule has 2 aromatic carbocycles. The van der Waals surface area contributed by atoms with Crippen molar-refractivity contribution >= 4 is 49.7 Å². The molecule has 0 aliphatic carbocycles. The fraction of sp³-hybridized carbons (Fsp3) is 0.111. The zero-order chi connectivity index (χ0) is 20.3. The van der Waals surface area contributed by atoms with Gasteiger partial charge in [0.15, 0.2) is 5.13 Å². The van der Waals surface area contributed by atoms with Crippen LogP contribution in [-0.2, 0) is 10.0 Å². The molecular weight excluding hydrogens is 422 g/mol. The average Bonchev–Trinajstić information content (AvgIpc) is 3.03. The molecule has 1 amide bonds. The highest BCUT2D eigenvalue weighted by Crippen LogP contribution is 2.27. The highest BCUT2D eigenvalue weighted by Gasteiger charge is 2.20. The van der Waals surface area contributed by atoms with E-state index in [0.717, 1.165) is 11.3 Å². The molecule has 0 bridgehead atoms. The molecule has 1 aromatic heterocycles. The summed E-state index contributed by atoms with van der Waals surface area (Å²) in [7, 11) is -2.34. The predicted octanol–water partition coefficient (Wildman–Crippen LogP) is 4.17. The highest BCUT2D eigenvalue weighted by atomic mass is 35.5. The minimum Gasteiger partial charge on any atom is -0.497 e. The second-order valence-electron chi connectivity index (χ2n) is 5.68. The van der Waals surface area contributed by atoms with Crippen molar-refractivity contribution in [2.75, 3.05) is 17.1 Å². The van der Waals surface area contributed by atoms with Gasteiger partial charge in [0.2, 0.25) is 0 Å². The molecule has 28 heavy (non-hydrogen) atoms. The Hall–Kier alpha value is -2.62. The van der Waals surface area contributed by atoms with E-state index >= 15 is 0 Å². The second kappa shape index (κ2) is 8.17. The molecule has 10 heteroatoms. The molecule has 0 spiro atoms. The molecule has 0 fully saturated rings. The Morgan fingerprint density at radius 1 is 1.11 bits per heavy atom. The number of carbonyl (C=O) groups excluding carboxylic acids is 1. The predicted molar refractivity (Wildman–Crippen MR) is 110 cm³/mol. The lowest BCUT2D eigenvalue weighted by atomic mass is 10.3. The summed E-state index contributed by atoms with van der Waals surface area (Å²) in [6.45, 7) is 1.64. The molecule has 146 valence electrons. The Morgan fingerprint density at radius 3 is 2.36 bits per heavy atom. The van der Waals surface area contributed by atoms with Crippen molar-refractivity contribution in [2.24, 2.45) is 0 Å². The topological polar surface area (TPSA) is 97.4 Å². The number of thiazole rings is 1. The monoisotopic (exact) mass is 437 g/mol. The van der Waals surface area contributed by atoms with Gasteiger partial charge < -0.3 is 10.1 Å². The normalized spacial score (nSPS) is 11.1. The van der Waals surface area contributed by atoms with E-state index in [1.165, 1.54) is 19.2 Å². The summed E-state index contributed by atoms with van der Waals surface area (Å²) >= 11 is 6.78. The van der Waals surface area contributed by atoms with Crippen molar-refractivity contribution in [1.29, 1.82) is 0 Å². The first-order valence-electron chi connectivity index (χ1n) is 8.00. The number of aromatic nitrogens is 1. The van der Waals surface area contributed by atoms with Crippen LogP contribution in [0.25, 0.3) is 0 Å². The van der Waals surface area contributed by atoms with Crippen molar-refractivity contribution in [3.8, 4) is 5.75 Å². The van der Waals surface area contributed by atoms with Crippen LogP contribution in [-0.4, -0.2) is 26.4 Å². The Bertz CT molecular complexity index is 1090. The molecule has 0 aliphatic rings. The number of amides is 1. The smallest absolute Gasteiger partial charge is 0.267 e. The summed E-state index contributed by atoms with van der Waals surface area (Å²) in [5.41, 5.74) is 0.992. The molecule has 1 heterocycles. The molecule has 3 rings (SSSR count). The van der Waals surface area contributed by atoms with Crippen molar-refractivity contribution in [3.05, 3.63) is 64.1 Å². The number of carbonyl (C=O) groups is 1. The van der Waals surface area contributed by atoms with Crippen LogP contribution in [0.2, 0.25) is 5.02 Å². The van der Waals surface area contributed by atoms with Crippen LogP contribution >= 0.6 is 22.9 Å². The third-order valence-electron chi connectivity index (χ3n) is 3.70. The van der Waals surface area contributed by atoms with Crippen molar-refractivity contribution in [2.45, 2.75) is 11.8 Å². The second-order valence-corrected chi connectivity index (χ2v) is 8.79. The van der Waals surface area contributed by atoms with Gasteiger partial charge in [-0.1, -0.05) is 22.9 Å². The third-order valence-corrected chi connectivity index (χ3v) is 6.50. The van der Waals surface area contributed by atoms with Gasteiger partial charge in [-0.2, -0.15) is 0 Å². The van der Waals surface area contributed by atoms with E-state index in [4.69, 9.17) is 16.3 Å². The number of nitrogens with zero attached hydrogens (tertiary/aromatic N) is 1. The lowest BCUT2D eigenvalue weighted by molar-refractivity contribution is 0.103. The number of sulfonamides is 1. The molecular formula is C18H16ClN3O4S2. The molecule has 0 saturated carbocycles. The van der Waals surface area contributed by atoms with E-state index in [9.17, 15) is 13.2 Å². The summed E-state index contributed by atoms with van der Waals surface area (Å²) in [5, 5.41) is 3.39. The minimum absolute atomic E-state index is 0.0633. The highest BCUT2D eigenvalue weighted by molar-refractivity contribution is 7.93. The molecule has 3 aromatic rings. The summed E-state index contributed by atoms with van der Waals surface area (Å²) < 4.78 is 32.5. The number of hydrogen-bond acceptors (Lipinski definition) is 6. The number of rotatable bonds is 6. The number of hydrogen-bond donors (Lipinski definition) is 2. The summed E-state index contributed by atoms with van der Waals surface area (Å²) in [6, 6.07) is 12.6. The van der Waals surface area contributed by atoms with Crippen LogP contribution in [0.5, 0.6) is 5.75 Å². The Morgan fingerprint density at radius 2 is 1.75 bits per heavy atom. The maximum atomic E-state index is 12.5. The third kappa shape index (κ3) is 4.61. The van der Waals surface area contributed by atoms with Crippen LogP contribution in [0.15, 0.2) is 53.4 Å². The van der Waals surface area contributed by atoms with Gasteiger partial charge in [0.05, 0.1) is 17.7 Å². The zero-order valence-electron chi connectivity index (χ0n) is 14.9. The molecule has 0 aliphatic heterocycles. The largest absolute Gasteiger partial charge is 0.497 e. The number of halogens is 1. The van der Waals surface area contributed by atoms with E-state index in [2.05, 4.69) is 15.0 Å². The maximum absolute atomic E-state index is 12.5. The van der Waals surface area contributed by atoms with Gasteiger partial charge in [-0.25, -0.2) is 13.4 Å². The Kier molecular flexibility index (Phi) is 5.87. The van der Waals surface area contributed by atoms with Gasteiger partial charge >= 0.3 is 0 Å². The van der Waals surface area contributed by atoms with Crippen LogP contribution in [0.3, 0.4) is 0 Å². The summed E-state index contributed by atoms with van der Waals surface area (Å²) in [6.07, 6.45) is 0. The van der Waals surface area contributed by atoms with E-state index < -0.39 is 10.0 Å². The van der Waals surface area contributed by atoms with Gasteiger partial charge in [0.25, 0.3) is 15.9 Å². The van der Waals surface area contributed by atoms with Crippen molar-refractivity contribution < 1.29 is 17.9 Å². The van der Waals surface area contributed by atoms with E-state index in [1.807, 2.05) is 0 Å². The maximum Gasteiger partial charge on any atom is 0.267 e. The molecule has 0 saturated heterocycles. The first kappa shape index (κ1) is 20.1. The number of methoxy groups -OCH3 is 1. The van der Waals surface area contributed by atoms with E-state index in [1.54, 1.807) is 43.3 Å². The first-order chi connectivity index (χ1) is 13.3. The van der Waals surface area contributed by atoms with Crippen molar-refractivity contribution in [1.82, 2.24) is 4.98 Å². The summed E-state index contributed by atoms with van der Waals surface area (Å²) in [5.74, 6) is 0.164. The Balaban J connectivity index is 1.77. The number of benzene rings is 2. The van der Waals surface area contributed by atoms with Crippen molar-refractivity contribution in [3.63, 3.8) is 0 Å². The standard InChI is InChI=1S/C18H16ClN3O4S2/c1-11-16(17(23)21-13-5-3-12(19)4-6-13)27-18(20-11)22-28(24,25)15-9-7-14(26-2)8-10-15/h3-10H,1-2H3,(H,20,22)(H,21,23). The first-order valence-corrected chi connectivity index (χ1v) is 10.7. The average molecular weight is 438 g/mol. The Labute approximate surface area is 171 Å². The van der Waals surface area contributed by atoms with Gasteiger partial charge in [0, 0.05) is 10.7 Å². The number of aryl methyl sites for hydroxylation is 1. The number of anilines is 2. The quantitative estimate of drug-likeness (QED) is 0.603. The van der Waals surface area contributed by atoms with Crippen LogP contribution < -0.4 is 14.8 Å². The lowest BCUT2D eigenvalue weighted by Crippen LogP contribution is -2.12. The van der Waals surface area contributed by atoms with E-state index in [-0.39, 0.29) is 15.9 Å². The van der Waals surface area contributed by atoms with Gasteiger partial charge in [-0.15, -0.1) is 0 Å². The molecule has 2 N–H and O–H groups in total. The molecule has 0 unspecified atom stereocenters. The molecule has 0 radical (unpaired) electrons. The molecule has 7 nitrogen and oxygen atoms in total. The minimum atomic E-state index is -3.84. The fourth-order valence-electron chi connectivity index (χ4n) is 2.30. The zero-order valence-corrected chi connectivity index (χ0v) is 17.3. The van der Waals surface area contributed by atoms with Gasteiger partial charge in [-0.05, 0) is 55.5 Å². The van der Waals surface area contributed by atoms with E-state index in [0.29, 0.717) is 27.0 Å². The van der Waals surface area contributed by atoms with Crippen LogP contribution in [0.4, 0.5) is 10.8 Å². The van der Waals surface area contributed by atoms with Gasteiger partial charge in [0.1, 0.15) is 10.6 Å². The summed E-state index contributed by atoms with van der Waals surface area (Å²) in [4.78, 5) is 17.0. The fourth-order valence-corrected chi connectivity index (χ4v) is 4.52. The lowest BCUT2D eigenvalue weighted by Gasteiger charge is -2.06. The van der Waals surface area contributed by atoms with Crippen LogP contribution in [0, 0.1) is 6.92 Å².